The lowest BCUT2D eigenvalue weighted by Crippen LogP contribution is -2.14. The molecule has 34 heavy (non-hydrogen) atoms. The van der Waals surface area contributed by atoms with Gasteiger partial charge in [0.2, 0.25) is 0 Å². The number of amides is 1. The summed E-state index contributed by atoms with van der Waals surface area (Å²) in [6.45, 7) is 2.20. The molecule has 0 bridgehead atoms. The lowest BCUT2D eigenvalue weighted by Gasteiger charge is -2.16. The van der Waals surface area contributed by atoms with Crippen molar-refractivity contribution in [1.82, 2.24) is 4.98 Å². The van der Waals surface area contributed by atoms with E-state index in [2.05, 4.69) is 10.3 Å². The maximum Gasteiger partial charge on any atom is 0.338 e. The van der Waals surface area contributed by atoms with E-state index in [9.17, 15) is 9.59 Å². The average Bonchev–Trinajstić information content (AvgIpc) is 3.38. The molecule has 0 saturated carbocycles. The van der Waals surface area contributed by atoms with E-state index >= 15 is 0 Å². The minimum absolute atomic E-state index is 0.243. The number of carbonyl (C=O) groups is 2. The third-order valence-electron chi connectivity index (χ3n) is 5.36. The van der Waals surface area contributed by atoms with E-state index in [1.807, 2.05) is 35.9 Å². The quantitative estimate of drug-likeness (QED) is 0.332. The zero-order valence-corrected chi connectivity index (χ0v) is 19.5. The van der Waals surface area contributed by atoms with Crippen molar-refractivity contribution in [3.8, 4) is 11.1 Å². The Hall–Kier alpha value is -3.81. The molecule has 2 aromatic carbocycles. The Morgan fingerprint density at radius 3 is 2.62 bits per heavy atom. The zero-order valence-electron chi connectivity index (χ0n) is 18.7. The Labute approximate surface area is 202 Å². The van der Waals surface area contributed by atoms with Crippen LogP contribution in [0.5, 0.6) is 0 Å². The van der Waals surface area contributed by atoms with Gasteiger partial charge >= 0.3 is 5.97 Å². The van der Waals surface area contributed by atoms with Crippen LogP contribution in [-0.2, 0) is 11.2 Å². The van der Waals surface area contributed by atoms with Crippen molar-refractivity contribution in [3.63, 3.8) is 0 Å². The SMILES string of the molecule is CC(N)c1ccc(C(=O)Nc2ccncc2)cc1-c1cccc(C(=O)OCCc2ccsc2)c1. The molecule has 3 N–H and O–H groups in total. The molecule has 0 saturated heterocycles. The fourth-order valence-corrected chi connectivity index (χ4v) is 4.28. The molecule has 0 fully saturated rings. The Morgan fingerprint density at radius 2 is 1.88 bits per heavy atom. The summed E-state index contributed by atoms with van der Waals surface area (Å²) >= 11 is 1.62. The number of nitrogens with one attached hydrogen (secondary N) is 1. The number of hydrogen-bond donors (Lipinski definition) is 2. The molecule has 1 unspecified atom stereocenters. The molecule has 0 spiro atoms. The topological polar surface area (TPSA) is 94.3 Å². The van der Waals surface area contributed by atoms with Crippen molar-refractivity contribution < 1.29 is 14.3 Å². The highest BCUT2D eigenvalue weighted by Gasteiger charge is 2.16. The number of rotatable bonds is 8. The number of ether oxygens (including phenoxy) is 1. The maximum absolute atomic E-state index is 12.8. The van der Waals surface area contributed by atoms with Crippen LogP contribution in [0.3, 0.4) is 0 Å². The summed E-state index contributed by atoms with van der Waals surface area (Å²) < 4.78 is 5.47. The predicted molar refractivity (Wildman–Crippen MR) is 135 cm³/mol. The van der Waals surface area contributed by atoms with Crippen molar-refractivity contribution in [2.45, 2.75) is 19.4 Å². The number of carbonyl (C=O) groups excluding carboxylic acids is 2. The molecule has 4 aromatic rings. The van der Waals surface area contributed by atoms with Crippen LogP contribution in [0.2, 0.25) is 0 Å². The highest BCUT2D eigenvalue weighted by molar-refractivity contribution is 7.07. The van der Waals surface area contributed by atoms with Gasteiger partial charge in [-0.25, -0.2) is 4.79 Å². The molecular formula is C27H25N3O3S. The van der Waals surface area contributed by atoms with Gasteiger partial charge in [0.1, 0.15) is 0 Å². The second-order valence-electron chi connectivity index (χ2n) is 7.88. The van der Waals surface area contributed by atoms with Crippen LogP contribution in [0.25, 0.3) is 11.1 Å². The van der Waals surface area contributed by atoms with Crippen molar-refractivity contribution in [3.05, 3.63) is 106 Å². The second-order valence-corrected chi connectivity index (χ2v) is 8.66. The number of aromatic nitrogens is 1. The second kappa shape index (κ2) is 10.9. The summed E-state index contributed by atoms with van der Waals surface area (Å²) in [4.78, 5) is 29.4. The largest absolute Gasteiger partial charge is 0.462 e. The zero-order chi connectivity index (χ0) is 23.9. The van der Waals surface area contributed by atoms with Crippen LogP contribution >= 0.6 is 11.3 Å². The number of thiophene rings is 1. The number of nitrogens with two attached hydrogens (primary N) is 1. The Morgan fingerprint density at radius 1 is 1.06 bits per heavy atom. The first-order valence-corrected chi connectivity index (χ1v) is 11.8. The Kier molecular flexibility index (Phi) is 7.47. The van der Waals surface area contributed by atoms with Gasteiger partial charge in [-0.2, -0.15) is 11.3 Å². The molecule has 0 aliphatic carbocycles. The first-order chi connectivity index (χ1) is 16.5. The van der Waals surface area contributed by atoms with E-state index in [-0.39, 0.29) is 17.9 Å². The summed E-state index contributed by atoms with van der Waals surface area (Å²) in [7, 11) is 0. The lowest BCUT2D eigenvalue weighted by atomic mass is 9.92. The molecule has 2 heterocycles. The number of nitrogens with zero attached hydrogens (tertiary/aromatic N) is 1. The van der Waals surface area contributed by atoms with Gasteiger partial charge in [-0.05, 0) is 82.4 Å². The van der Waals surface area contributed by atoms with Gasteiger partial charge in [0, 0.05) is 36.1 Å². The minimum atomic E-state index is -0.383. The van der Waals surface area contributed by atoms with Crippen LogP contribution in [0, 0.1) is 0 Å². The first kappa shape index (κ1) is 23.4. The Balaban J connectivity index is 1.56. The number of anilines is 1. The Bertz CT molecular complexity index is 1270. The first-order valence-electron chi connectivity index (χ1n) is 10.9. The number of pyridine rings is 1. The highest BCUT2D eigenvalue weighted by Crippen LogP contribution is 2.30. The molecule has 1 amide bonds. The van der Waals surface area contributed by atoms with Crippen LogP contribution in [0.1, 0.15) is 44.8 Å². The van der Waals surface area contributed by atoms with E-state index < -0.39 is 0 Å². The van der Waals surface area contributed by atoms with Crippen LogP contribution in [0.4, 0.5) is 5.69 Å². The van der Waals surface area contributed by atoms with Crippen LogP contribution < -0.4 is 11.1 Å². The maximum atomic E-state index is 12.8. The number of esters is 1. The summed E-state index contributed by atoms with van der Waals surface area (Å²) in [6, 6.07) is 17.8. The van der Waals surface area contributed by atoms with E-state index in [0.29, 0.717) is 29.8 Å². The fourth-order valence-electron chi connectivity index (χ4n) is 3.58. The molecule has 2 aromatic heterocycles. The molecule has 4 rings (SSSR count). The average molecular weight is 472 g/mol. The van der Waals surface area contributed by atoms with Gasteiger partial charge in [-0.15, -0.1) is 0 Å². The monoisotopic (exact) mass is 471 g/mol. The summed E-state index contributed by atoms with van der Waals surface area (Å²) in [6.07, 6.45) is 3.91. The molecule has 1 atom stereocenters. The van der Waals surface area contributed by atoms with Crippen LogP contribution in [-0.4, -0.2) is 23.5 Å². The minimum Gasteiger partial charge on any atom is -0.462 e. The van der Waals surface area contributed by atoms with Crippen LogP contribution in [0.15, 0.2) is 83.8 Å². The van der Waals surface area contributed by atoms with Gasteiger partial charge in [0.15, 0.2) is 0 Å². The van der Waals surface area contributed by atoms with E-state index in [4.69, 9.17) is 10.5 Å². The van der Waals surface area contributed by atoms with Gasteiger partial charge < -0.3 is 15.8 Å². The fraction of sp³-hybridized carbons (Fsp3) is 0.148. The van der Waals surface area contributed by atoms with Crippen molar-refractivity contribution in [2.24, 2.45) is 5.73 Å². The molecule has 0 radical (unpaired) electrons. The predicted octanol–water partition coefficient (Wildman–Crippen LogP) is 5.48. The third-order valence-corrected chi connectivity index (χ3v) is 6.09. The summed E-state index contributed by atoms with van der Waals surface area (Å²) in [5, 5.41) is 6.91. The normalized spacial score (nSPS) is 11.6. The molecule has 6 nitrogen and oxygen atoms in total. The summed E-state index contributed by atoms with van der Waals surface area (Å²) in [5.41, 5.74) is 11.4. The van der Waals surface area contributed by atoms with Crippen molar-refractivity contribution in [1.29, 1.82) is 0 Å². The van der Waals surface area contributed by atoms with E-state index in [1.54, 1.807) is 66.2 Å². The molecular weight excluding hydrogens is 446 g/mol. The molecule has 7 heteroatoms. The van der Waals surface area contributed by atoms with Crippen molar-refractivity contribution in [2.75, 3.05) is 11.9 Å². The highest BCUT2D eigenvalue weighted by atomic mass is 32.1. The van der Waals surface area contributed by atoms with Gasteiger partial charge in [0.05, 0.1) is 12.2 Å². The summed E-state index contributed by atoms with van der Waals surface area (Å²) in [5.74, 6) is -0.626. The van der Waals surface area contributed by atoms with Gasteiger partial charge in [0.25, 0.3) is 5.91 Å². The smallest absolute Gasteiger partial charge is 0.338 e. The number of benzene rings is 2. The standard InChI is InChI=1S/C27H25N3O3S/c1-18(28)24-6-5-21(26(31)30-23-7-11-29-12-8-23)16-25(24)20-3-2-4-22(15-20)27(32)33-13-9-19-10-14-34-17-19/h2-8,10-12,14-18H,9,13,28H2,1H3,(H,29,30,31). The van der Waals surface area contributed by atoms with E-state index in [0.717, 1.165) is 22.3 Å². The van der Waals surface area contributed by atoms with Gasteiger partial charge in [-0.1, -0.05) is 18.2 Å². The molecule has 172 valence electrons. The van der Waals surface area contributed by atoms with Crippen molar-refractivity contribution >= 4 is 28.9 Å². The molecule has 0 aliphatic heterocycles. The molecule has 0 aliphatic rings. The van der Waals surface area contributed by atoms with E-state index in [1.165, 1.54) is 0 Å². The number of hydrogen-bond acceptors (Lipinski definition) is 6. The van der Waals surface area contributed by atoms with Gasteiger partial charge in [-0.3, -0.25) is 9.78 Å². The third kappa shape index (κ3) is 5.75. The lowest BCUT2D eigenvalue weighted by molar-refractivity contribution is 0.0509.